The molecule has 0 aliphatic heterocycles. The fourth-order valence-electron chi connectivity index (χ4n) is 3.27. The van der Waals surface area contributed by atoms with Gasteiger partial charge in [-0.25, -0.2) is 4.79 Å². The lowest BCUT2D eigenvalue weighted by Crippen LogP contribution is -2.31. The van der Waals surface area contributed by atoms with E-state index in [1.165, 1.54) is 13.2 Å². The van der Waals surface area contributed by atoms with Crippen LogP contribution in [-0.4, -0.2) is 30.7 Å². The Labute approximate surface area is 208 Å². The molecule has 0 heterocycles. The molecule has 0 spiro atoms. The second-order valence-electron chi connectivity index (χ2n) is 7.76. The number of hydrogen-bond donors (Lipinski definition) is 2. The number of aliphatic carboxylic acids is 1. The summed E-state index contributed by atoms with van der Waals surface area (Å²) in [6.07, 6.45) is 1.33. The molecule has 0 aliphatic rings. The van der Waals surface area contributed by atoms with Crippen molar-refractivity contribution in [2.24, 2.45) is 0 Å². The summed E-state index contributed by atoms with van der Waals surface area (Å²) < 4.78 is 16.7. The normalized spacial score (nSPS) is 11.0. The smallest absolute Gasteiger partial charge is 0.352 e. The minimum absolute atomic E-state index is 0.304. The summed E-state index contributed by atoms with van der Waals surface area (Å²) in [7, 11) is 1.50. The maximum absolute atomic E-state index is 12.3. The van der Waals surface area contributed by atoms with Crippen molar-refractivity contribution in [1.29, 1.82) is 0 Å². The summed E-state index contributed by atoms with van der Waals surface area (Å²) in [5, 5.41) is 12.6. The molecule has 3 rings (SSSR count). The number of carboxylic acids is 1. The number of aryl methyl sites for hydroxylation is 2. The summed E-state index contributed by atoms with van der Waals surface area (Å²) in [4.78, 5) is 24.1. The van der Waals surface area contributed by atoms with Gasteiger partial charge < -0.3 is 24.6 Å². The predicted octanol–water partition coefficient (Wildman–Crippen LogP) is 5.17. The number of benzene rings is 3. The Balaban J connectivity index is 1.68. The molecule has 35 heavy (non-hydrogen) atoms. The van der Waals surface area contributed by atoms with E-state index >= 15 is 0 Å². The molecule has 0 aliphatic carbocycles. The number of rotatable bonds is 10. The molecule has 3 aromatic rings. The van der Waals surface area contributed by atoms with Crippen LogP contribution in [0.25, 0.3) is 6.08 Å². The van der Waals surface area contributed by atoms with Crippen molar-refractivity contribution >= 4 is 29.6 Å². The minimum atomic E-state index is -1.29. The Morgan fingerprint density at radius 1 is 0.971 bits per heavy atom. The van der Waals surface area contributed by atoms with E-state index in [1.807, 2.05) is 44.2 Å². The van der Waals surface area contributed by atoms with Crippen LogP contribution in [0.4, 0.5) is 0 Å². The average Bonchev–Trinajstić information content (AvgIpc) is 2.85. The first-order chi connectivity index (χ1) is 16.8. The van der Waals surface area contributed by atoms with Crippen LogP contribution < -0.4 is 19.5 Å². The number of methoxy groups -OCH3 is 1. The van der Waals surface area contributed by atoms with Crippen LogP contribution in [0.3, 0.4) is 0 Å². The molecule has 3 aromatic carbocycles. The molecule has 1 amide bonds. The van der Waals surface area contributed by atoms with Crippen molar-refractivity contribution in [2.75, 3.05) is 13.7 Å². The first-order valence-corrected chi connectivity index (χ1v) is 11.1. The van der Waals surface area contributed by atoms with E-state index in [9.17, 15) is 14.7 Å². The van der Waals surface area contributed by atoms with Crippen molar-refractivity contribution in [2.45, 2.75) is 20.5 Å². The predicted molar refractivity (Wildman–Crippen MR) is 134 cm³/mol. The zero-order valence-electron chi connectivity index (χ0n) is 19.6. The van der Waals surface area contributed by atoms with Crippen LogP contribution >= 0.6 is 11.6 Å². The molecule has 0 saturated carbocycles. The number of hydrogen-bond acceptors (Lipinski definition) is 5. The van der Waals surface area contributed by atoms with Crippen molar-refractivity contribution in [1.82, 2.24) is 5.32 Å². The lowest BCUT2D eigenvalue weighted by Gasteiger charge is -2.12. The highest BCUT2D eigenvalue weighted by Crippen LogP contribution is 2.30. The Morgan fingerprint density at radius 3 is 2.29 bits per heavy atom. The Bertz CT molecular complexity index is 1220. The van der Waals surface area contributed by atoms with Crippen LogP contribution in [0.2, 0.25) is 5.02 Å². The Hall–Kier alpha value is -3.97. The first-order valence-electron chi connectivity index (χ1n) is 10.8. The highest BCUT2D eigenvalue weighted by atomic mass is 35.5. The van der Waals surface area contributed by atoms with E-state index in [-0.39, 0.29) is 12.3 Å². The number of ether oxygens (including phenoxy) is 3. The fraction of sp³-hybridized carbons (Fsp3) is 0.185. The summed E-state index contributed by atoms with van der Waals surface area (Å²) in [5.74, 6) is -0.492. The van der Waals surface area contributed by atoms with E-state index in [0.29, 0.717) is 34.4 Å². The van der Waals surface area contributed by atoms with Gasteiger partial charge in [0.1, 0.15) is 18.1 Å². The molecule has 0 saturated heterocycles. The Morgan fingerprint density at radius 2 is 1.66 bits per heavy atom. The van der Waals surface area contributed by atoms with Gasteiger partial charge in [0.25, 0.3) is 5.91 Å². The van der Waals surface area contributed by atoms with E-state index < -0.39 is 11.9 Å². The summed E-state index contributed by atoms with van der Waals surface area (Å²) >= 11 is 6.15. The SMILES string of the molecule is COc1cc(/C=C(/NC(=O)COc2cc(C)c(Cl)c(C)c2)C(=O)O)ccc1OCc1ccccc1. The fourth-order valence-corrected chi connectivity index (χ4v) is 3.38. The third-order valence-electron chi connectivity index (χ3n) is 5.02. The van der Waals surface area contributed by atoms with Crippen LogP contribution in [-0.2, 0) is 16.2 Å². The molecule has 0 bridgehead atoms. The molecular weight excluding hydrogens is 470 g/mol. The Kier molecular flexibility index (Phi) is 8.75. The van der Waals surface area contributed by atoms with Crippen molar-refractivity contribution in [3.63, 3.8) is 0 Å². The topological polar surface area (TPSA) is 94.1 Å². The second-order valence-corrected chi connectivity index (χ2v) is 8.13. The third kappa shape index (κ3) is 7.25. The average molecular weight is 496 g/mol. The van der Waals surface area contributed by atoms with Gasteiger partial charge >= 0.3 is 5.97 Å². The third-order valence-corrected chi connectivity index (χ3v) is 5.62. The number of amides is 1. The van der Waals surface area contributed by atoms with Gasteiger partial charge in [-0.15, -0.1) is 0 Å². The largest absolute Gasteiger partial charge is 0.493 e. The summed E-state index contributed by atoms with van der Waals surface area (Å²) in [5.41, 5.74) is 2.84. The van der Waals surface area contributed by atoms with Crippen LogP contribution in [0.1, 0.15) is 22.3 Å². The van der Waals surface area contributed by atoms with Gasteiger partial charge in [-0.05, 0) is 66.4 Å². The van der Waals surface area contributed by atoms with Crippen molar-refractivity contribution in [3.8, 4) is 17.2 Å². The molecule has 2 N–H and O–H groups in total. The number of carbonyl (C=O) groups excluding carboxylic acids is 1. The standard InChI is InChI=1S/C27H26ClNO6/c1-17-11-21(12-18(2)26(17)28)34-16-25(30)29-22(27(31)32)13-20-9-10-23(24(14-20)33-3)35-15-19-7-5-4-6-8-19/h4-14H,15-16H2,1-3H3,(H,29,30)(H,31,32)/b22-13+. The van der Waals surface area contributed by atoms with Gasteiger partial charge in [0.2, 0.25) is 0 Å². The number of carbonyl (C=O) groups is 2. The molecule has 0 fully saturated rings. The van der Waals surface area contributed by atoms with Gasteiger partial charge in [-0.3, -0.25) is 4.79 Å². The number of nitrogens with one attached hydrogen (secondary N) is 1. The van der Waals surface area contributed by atoms with E-state index in [2.05, 4.69) is 5.32 Å². The molecule has 0 radical (unpaired) electrons. The van der Waals surface area contributed by atoms with Crippen molar-refractivity contribution in [3.05, 3.63) is 93.6 Å². The molecule has 7 nitrogen and oxygen atoms in total. The summed E-state index contributed by atoms with van der Waals surface area (Å²) in [6.45, 7) is 3.66. The van der Waals surface area contributed by atoms with Gasteiger partial charge in [-0.1, -0.05) is 48.0 Å². The minimum Gasteiger partial charge on any atom is -0.493 e. The zero-order valence-corrected chi connectivity index (χ0v) is 20.4. The van der Waals surface area contributed by atoms with Crippen LogP contribution in [0.5, 0.6) is 17.2 Å². The van der Waals surface area contributed by atoms with E-state index in [1.54, 1.807) is 30.3 Å². The maximum atomic E-state index is 12.3. The van der Waals surface area contributed by atoms with Gasteiger partial charge in [0, 0.05) is 5.02 Å². The molecule has 182 valence electrons. The second kappa shape index (κ2) is 11.9. The number of carboxylic acid groups (broad SMARTS) is 1. The molecular formula is C27H26ClNO6. The lowest BCUT2D eigenvalue weighted by molar-refractivity contribution is -0.134. The number of halogens is 1. The monoisotopic (exact) mass is 495 g/mol. The van der Waals surface area contributed by atoms with Crippen LogP contribution in [0, 0.1) is 13.8 Å². The summed E-state index contributed by atoms with van der Waals surface area (Å²) in [6, 6.07) is 18.1. The van der Waals surface area contributed by atoms with Gasteiger partial charge in [0.15, 0.2) is 18.1 Å². The highest BCUT2D eigenvalue weighted by molar-refractivity contribution is 6.32. The van der Waals surface area contributed by atoms with Crippen LogP contribution in [0.15, 0.2) is 66.4 Å². The molecule has 0 aromatic heterocycles. The van der Waals surface area contributed by atoms with E-state index in [0.717, 1.165) is 16.7 Å². The first kappa shape index (κ1) is 25.6. The lowest BCUT2D eigenvalue weighted by atomic mass is 10.1. The molecule has 0 atom stereocenters. The maximum Gasteiger partial charge on any atom is 0.352 e. The van der Waals surface area contributed by atoms with Crippen molar-refractivity contribution < 1.29 is 28.9 Å². The highest BCUT2D eigenvalue weighted by Gasteiger charge is 2.14. The quantitative estimate of drug-likeness (QED) is 0.377. The van der Waals surface area contributed by atoms with Gasteiger partial charge in [0.05, 0.1) is 7.11 Å². The zero-order chi connectivity index (χ0) is 25.4. The van der Waals surface area contributed by atoms with E-state index in [4.69, 9.17) is 25.8 Å². The van der Waals surface area contributed by atoms with Gasteiger partial charge in [-0.2, -0.15) is 0 Å². The molecule has 0 unspecified atom stereocenters. The molecule has 8 heteroatoms.